The molecule has 0 fully saturated rings. The fourth-order valence-electron chi connectivity index (χ4n) is 4.78. The summed E-state index contributed by atoms with van der Waals surface area (Å²) >= 11 is 0. The van der Waals surface area contributed by atoms with Crippen molar-refractivity contribution in [2.75, 3.05) is 13.7 Å². The zero-order valence-corrected chi connectivity index (χ0v) is 22.5. The van der Waals surface area contributed by atoms with Crippen LogP contribution in [0.15, 0.2) is 47.3 Å². The van der Waals surface area contributed by atoms with Crippen LogP contribution in [0.3, 0.4) is 0 Å². The minimum absolute atomic E-state index is 0.0931. The Kier molecular flexibility index (Phi) is 8.52. The van der Waals surface area contributed by atoms with Gasteiger partial charge in [0.2, 0.25) is 0 Å². The van der Waals surface area contributed by atoms with Gasteiger partial charge in [0.05, 0.1) is 25.3 Å². The highest BCUT2D eigenvalue weighted by atomic mass is 16.5. The van der Waals surface area contributed by atoms with E-state index in [4.69, 9.17) is 9.47 Å². The summed E-state index contributed by atoms with van der Waals surface area (Å²) in [7, 11) is 1.64. The average Bonchev–Trinajstić information content (AvgIpc) is 3.35. The number of hydrogen-bond donors (Lipinski definition) is 1. The largest absolute Gasteiger partial charge is 0.496 e. The highest BCUT2D eigenvalue weighted by molar-refractivity contribution is 5.85. The van der Waals surface area contributed by atoms with E-state index >= 15 is 0 Å². The van der Waals surface area contributed by atoms with Crippen molar-refractivity contribution < 1.29 is 14.3 Å². The van der Waals surface area contributed by atoms with Crippen molar-refractivity contribution >= 4 is 16.9 Å². The van der Waals surface area contributed by atoms with E-state index in [-0.39, 0.29) is 24.8 Å². The Balaban J connectivity index is 1.78. The zero-order chi connectivity index (χ0) is 27.2. The van der Waals surface area contributed by atoms with Gasteiger partial charge in [0.15, 0.2) is 5.82 Å². The molecule has 0 amide bonds. The third-order valence-electron chi connectivity index (χ3n) is 6.73. The number of nitrogens with zero attached hydrogens (tertiary/aromatic N) is 5. The van der Waals surface area contributed by atoms with Crippen molar-refractivity contribution in [3.8, 4) is 5.75 Å². The smallest absolute Gasteiger partial charge is 0.327 e. The summed E-state index contributed by atoms with van der Waals surface area (Å²) in [6.45, 7) is 8.80. The van der Waals surface area contributed by atoms with Crippen molar-refractivity contribution in [3.05, 3.63) is 80.9 Å². The van der Waals surface area contributed by atoms with Gasteiger partial charge >= 0.3 is 5.97 Å². The van der Waals surface area contributed by atoms with Gasteiger partial charge in [0, 0.05) is 29.6 Å². The molecule has 0 bridgehead atoms. The number of esters is 1. The Morgan fingerprint density at radius 1 is 1.08 bits per heavy atom. The molecule has 1 atom stereocenters. The molecule has 0 saturated carbocycles. The summed E-state index contributed by atoms with van der Waals surface area (Å²) in [5.41, 5.74) is 4.40. The number of carbonyl (C=O) groups excluding carboxylic acids is 1. The summed E-state index contributed by atoms with van der Waals surface area (Å²) in [5, 5.41) is 13.2. The van der Waals surface area contributed by atoms with Gasteiger partial charge < -0.3 is 14.5 Å². The van der Waals surface area contributed by atoms with Crippen molar-refractivity contribution in [3.63, 3.8) is 0 Å². The number of pyridine rings is 1. The molecule has 1 N–H and O–H groups in total. The van der Waals surface area contributed by atoms with E-state index in [1.807, 2.05) is 57.2 Å². The van der Waals surface area contributed by atoms with Gasteiger partial charge in [0.1, 0.15) is 12.3 Å². The molecule has 4 rings (SSSR count). The number of benzene rings is 2. The minimum Gasteiger partial charge on any atom is -0.496 e. The second-order valence-corrected chi connectivity index (χ2v) is 9.25. The average molecular weight is 519 g/mol. The number of carbonyl (C=O) groups is 1. The van der Waals surface area contributed by atoms with Gasteiger partial charge in [-0.2, -0.15) is 0 Å². The van der Waals surface area contributed by atoms with Crippen molar-refractivity contribution in [2.24, 2.45) is 0 Å². The lowest BCUT2D eigenvalue weighted by atomic mass is 10.0. The lowest BCUT2D eigenvalue weighted by molar-refractivity contribution is -0.144. The predicted octanol–water partition coefficient (Wildman–Crippen LogP) is 3.86. The number of rotatable bonds is 11. The molecule has 0 aliphatic carbocycles. The minimum atomic E-state index is -0.413. The SMILES string of the molecule is CCOC(=O)Cn1nnnc1C(CC)N(Cc1ccccc1OC)Cc1cc2c(C)ccc(C)c2[nH]c1=O. The molecule has 38 heavy (non-hydrogen) atoms. The van der Waals surface area contributed by atoms with E-state index in [1.165, 1.54) is 4.68 Å². The molecule has 0 aliphatic heterocycles. The number of methoxy groups -OCH3 is 1. The number of aromatic amines is 1. The number of H-pyrrole nitrogens is 1. The molecule has 2 heterocycles. The Morgan fingerprint density at radius 2 is 1.82 bits per heavy atom. The fourth-order valence-corrected chi connectivity index (χ4v) is 4.78. The summed E-state index contributed by atoms with van der Waals surface area (Å²) < 4.78 is 12.2. The molecule has 0 spiro atoms. The van der Waals surface area contributed by atoms with Gasteiger partial charge in [-0.1, -0.05) is 37.3 Å². The highest BCUT2D eigenvalue weighted by Crippen LogP contribution is 2.29. The predicted molar refractivity (Wildman–Crippen MR) is 144 cm³/mol. The number of aryl methyl sites for hydroxylation is 2. The summed E-state index contributed by atoms with van der Waals surface area (Å²) in [5.74, 6) is 0.862. The van der Waals surface area contributed by atoms with Crippen LogP contribution in [0, 0.1) is 13.8 Å². The number of ether oxygens (including phenoxy) is 2. The molecule has 10 nitrogen and oxygen atoms in total. The lowest BCUT2D eigenvalue weighted by Gasteiger charge is -2.30. The Labute approximate surface area is 221 Å². The molecule has 0 aliphatic rings. The van der Waals surface area contributed by atoms with Crippen LogP contribution in [0.25, 0.3) is 10.9 Å². The number of hydrogen-bond acceptors (Lipinski definition) is 8. The van der Waals surface area contributed by atoms with E-state index in [9.17, 15) is 9.59 Å². The summed E-state index contributed by atoms with van der Waals surface area (Å²) in [4.78, 5) is 30.7. The topological polar surface area (TPSA) is 115 Å². The number of nitrogens with one attached hydrogen (secondary N) is 1. The van der Waals surface area contributed by atoms with Gasteiger partial charge in [-0.15, -0.1) is 5.10 Å². The van der Waals surface area contributed by atoms with Crippen molar-refractivity contribution in [1.29, 1.82) is 0 Å². The molecular formula is C28H34N6O4. The van der Waals surface area contributed by atoms with Gasteiger partial charge in [-0.05, 0) is 60.9 Å². The summed E-state index contributed by atoms with van der Waals surface area (Å²) in [6, 6.07) is 13.5. The molecule has 2 aromatic heterocycles. The first kappa shape index (κ1) is 27.0. The fraction of sp³-hybridized carbons (Fsp3) is 0.393. The van der Waals surface area contributed by atoms with E-state index in [0.717, 1.165) is 33.3 Å². The number of aromatic nitrogens is 5. The van der Waals surface area contributed by atoms with Crippen LogP contribution < -0.4 is 10.3 Å². The molecule has 4 aromatic rings. The van der Waals surface area contributed by atoms with E-state index in [0.29, 0.717) is 30.9 Å². The standard InChI is InChI=1S/C28H34N6O4/c1-6-23(27-30-31-32-34(27)17-25(35)38-7-2)33(15-20-10-8-9-11-24(20)37-5)16-21-14-22-18(3)12-13-19(4)26(22)29-28(21)36/h8-14,23H,6-7,15-17H2,1-5H3,(H,29,36). The molecule has 200 valence electrons. The molecular weight excluding hydrogens is 484 g/mol. The lowest BCUT2D eigenvalue weighted by Crippen LogP contribution is -2.33. The first-order valence-corrected chi connectivity index (χ1v) is 12.8. The van der Waals surface area contributed by atoms with Crippen LogP contribution in [0.5, 0.6) is 5.75 Å². The summed E-state index contributed by atoms with van der Waals surface area (Å²) in [6.07, 6.45) is 0.641. The van der Waals surface area contributed by atoms with E-state index in [2.05, 4.69) is 31.5 Å². The zero-order valence-electron chi connectivity index (χ0n) is 22.5. The van der Waals surface area contributed by atoms with Gasteiger partial charge in [-0.3, -0.25) is 14.5 Å². The highest BCUT2D eigenvalue weighted by Gasteiger charge is 2.27. The molecule has 1 unspecified atom stereocenters. The van der Waals surface area contributed by atoms with Crippen LogP contribution in [0.4, 0.5) is 0 Å². The Hall–Kier alpha value is -4.05. The monoisotopic (exact) mass is 518 g/mol. The Bertz CT molecular complexity index is 1480. The molecule has 0 radical (unpaired) electrons. The van der Waals surface area contributed by atoms with Crippen LogP contribution >= 0.6 is 0 Å². The Morgan fingerprint density at radius 3 is 2.55 bits per heavy atom. The quantitative estimate of drug-likeness (QED) is 0.298. The first-order valence-electron chi connectivity index (χ1n) is 12.8. The van der Waals surface area contributed by atoms with Crippen LogP contribution in [-0.2, 0) is 29.2 Å². The number of para-hydroxylation sites is 1. The van der Waals surface area contributed by atoms with Crippen molar-refractivity contribution in [1.82, 2.24) is 30.1 Å². The normalized spacial score (nSPS) is 12.2. The third kappa shape index (κ3) is 5.75. The molecule has 0 saturated heterocycles. The van der Waals surface area contributed by atoms with Crippen LogP contribution in [0.1, 0.15) is 54.4 Å². The second kappa shape index (κ2) is 12.0. The van der Waals surface area contributed by atoms with Crippen LogP contribution in [0.2, 0.25) is 0 Å². The van der Waals surface area contributed by atoms with Gasteiger partial charge in [-0.25, -0.2) is 4.68 Å². The maximum Gasteiger partial charge on any atom is 0.327 e. The van der Waals surface area contributed by atoms with E-state index in [1.54, 1.807) is 14.0 Å². The maximum atomic E-state index is 13.3. The second-order valence-electron chi connectivity index (χ2n) is 9.25. The maximum absolute atomic E-state index is 13.3. The molecule has 10 heteroatoms. The molecule has 2 aromatic carbocycles. The van der Waals surface area contributed by atoms with Crippen molar-refractivity contribution in [2.45, 2.75) is 59.8 Å². The first-order chi connectivity index (χ1) is 18.4. The third-order valence-corrected chi connectivity index (χ3v) is 6.73. The van der Waals surface area contributed by atoms with Crippen LogP contribution in [-0.4, -0.2) is 49.8 Å². The number of tetrazole rings is 1. The van der Waals surface area contributed by atoms with Gasteiger partial charge in [0.25, 0.3) is 5.56 Å². The van der Waals surface area contributed by atoms with E-state index < -0.39 is 5.97 Å². The number of fused-ring (bicyclic) bond motifs is 1.